The van der Waals surface area contributed by atoms with Crippen molar-refractivity contribution in [3.8, 4) is 22.5 Å². The third-order valence-corrected chi connectivity index (χ3v) is 4.86. The van der Waals surface area contributed by atoms with Gasteiger partial charge in [-0.2, -0.15) is 0 Å². The van der Waals surface area contributed by atoms with Gasteiger partial charge < -0.3 is 5.32 Å². The van der Waals surface area contributed by atoms with Crippen LogP contribution < -0.4 is 5.32 Å². The van der Waals surface area contributed by atoms with Crippen LogP contribution in [0.3, 0.4) is 0 Å². The number of nitrogens with one attached hydrogen (secondary N) is 1. The number of aryl methyl sites for hydroxylation is 1. The molecule has 1 amide bonds. The number of carbonyl (C=O) groups excluding carboxylic acids is 1. The number of amides is 1. The van der Waals surface area contributed by atoms with Crippen LogP contribution in [0.25, 0.3) is 22.5 Å². The van der Waals surface area contributed by atoms with Gasteiger partial charge in [0.05, 0.1) is 5.25 Å². The molecule has 0 radical (unpaired) electrons. The number of thioether (sulfide) groups is 1. The number of rotatable bonds is 5. The molecule has 2 aromatic carbocycles. The lowest BCUT2D eigenvalue weighted by Crippen LogP contribution is -2.27. The Morgan fingerprint density at radius 3 is 2.42 bits per heavy atom. The van der Waals surface area contributed by atoms with Gasteiger partial charge in [0.25, 0.3) is 0 Å². The quantitative estimate of drug-likeness (QED) is 0.699. The van der Waals surface area contributed by atoms with E-state index in [4.69, 9.17) is 4.98 Å². The van der Waals surface area contributed by atoms with Crippen LogP contribution in [0.5, 0.6) is 0 Å². The highest BCUT2D eigenvalue weighted by molar-refractivity contribution is 8.00. The first-order valence-corrected chi connectivity index (χ1v) is 9.22. The lowest BCUT2D eigenvalue weighted by atomic mass is 10.0. The summed E-state index contributed by atoms with van der Waals surface area (Å²) in [4.78, 5) is 16.5. The SMILES string of the molecule is CNC(=O)C(C)Sc1nnc(-c2cccc(C)c2)c(-c2ccccc2)n1. The molecule has 3 aromatic rings. The molecule has 0 aliphatic heterocycles. The lowest BCUT2D eigenvalue weighted by Gasteiger charge is -2.12. The zero-order chi connectivity index (χ0) is 18.5. The van der Waals surface area contributed by atoms with E-state index in [1.165, 1.54) is 11.8 Å². The largest absolute Gasteiger partial charge is 0.358 e. The molecule has 1 N–H and O–H groups in total. The average Bonchev–Trinajstić information content (AvgIpc) is 2.68. The third-order valence-electron chi connectivity index (χ3n) is 3.90. The summed E-state index contributed by atoms with van der Waals surface area (Å²) in [6, 6.07) is 18.0. The van der Waals surface area contributed by atoms with Crippen molar-refractivity contribution in [1.82, 2.24) is 20.5 Å². The van der Waals surface area contributed by atoms with Crippen LogP contribution in [0.15, 0.2) is 59.8 Å². The van der Waals surface area contributed by atoms with E-state index in [1.807, 2.05) is 62.4 Å². The molecule has 0 saturated heterocycles. The van der Waals surface area contributed by atoms with E-state index in [1.54, 1.807) is 7.05 Å². The highest BCUT2D eigenvalue weighted by Gasteiger charge is 2.18. The van der Waals surface area contributed by atoms with Gasteiger partial charge in [0.1, 0.15) is 11.4 Å². The van der Waals surface area contributed by atoms with Crippen molar-refractivity contribution < 1.29 is 4.79 Å². The molecule has 0 saturated carbocycles. The molecule has 0 spiro atoms. The molecule has 132 valence electrons. The minimum Gasteiger partial charge on any atom is -0.358 e. The van der Waals surface area contributed by atoms with Crippen LogP contribution in [-0.2, 0) is 4.79 Å². The van der Waals surface area contributed by atoms with Gasteiger partial charge in [-0.3, -0.25) is 4.79 Å². The van der Waals surface area contributed by atoms with Gasteiger partial charge in [-0.25, -0.2) is 4.98 Å². The fourth-order valence-electron chi connectivity index (χ4n) is 2.56. The average molecular weight is 364 g/mol. The number of nitrogens with zero attached hydrogens (tertiary/aromatic N) is 3. The van der Waals surface area contributed by atoms with E-state index in [0.717, 1.165) is 28.1 Å². The van der Waals surface area contributed by atoms with Gasteiger partial charge in [-0.15, -0.1) is 10.2 Å². The van der Waals surface area contributed by atoms with Crippen molar-refractivity contribution in [2.75, 3.05) is 7.05 Å². The lowest BCUT2D eigenvalue weighted by molar-refractivity contribution is -0.119. The second kappa shape index (κ2) is 8.10. The van der Waals surface area contributed by atoms with Gasteiger partial charge in [0.15, 0.2) is 0 Å². The fourth-order valence-corrected chi connectivity index (χ4v) is 3.33. The van der Waals surface area contributed by atoms with Gasteiger partial charge in [-0.1, -0.05) is 65.9 Å². The Balaban J connectivity index is 2.06. The third kappa shape index (κ3) is 4.08. The standard InChI is InChI=1S/C20H20N4OS/c1-13-8-7-11-16(12-13)18-17(15-9-5-4-6-10-15)22-20(24-23-18)26-14(2)19(25)21-3/h4-12,14H,1-3H3,(H,21,25). The Labute approximate surface area is 157 Å². The van der Waals surface area contributed by atoms with Crippen LogP contribution in [0, 0.1) is 6.92 Å². The van der Waals surface area contributed by atoms with Crippen molar-refractivity contribution >= 4 is 17.7 Å². The summed E-state index contributed by atoms with van der Waals surface area (Å²) in [6.45, 7) is 3.87. The predicted octanol–water partition coefficient (Wildman–Crippen LogP) is 3.74. The molecule has 3 rings (SSSR count). The van der Waals surface area contributed by atoms with E-state index in [2.05, 4.69) is 21.6 Å². The maximum absolute atomic E-state index is 11.8. The zero-order valence-electron chi connectivity index (χ0n) is 14.9. The van der Waals surface area contributed by atoms with Crippen LogP contribution in [0.1, 0.15) is 12.5 Å². The summed E-state index contributed by atoms with van der Waals surface area (Å²) < 4.78 is 0. The second-order valence-corrected chi connectivity index (χ2v) is 7.21. The van der Waals surface area contributed by atoms with Gasteiger partial charge in [-0.05, 0) is 19.9 Å². The van der Waals surface area contributed by atoms with Crippen molar-refractivity contribution in [3.05, 3.63) is 60.2 Å². The van der Waals surface area contributed by atoms with E-state index >= 15 is 0 Å². The fraction of sp³-hybridized carbons (Fsp3) is 0.200. The maximum atomic E-state index is 11.8. The van der Waals surface area contributed by atoms with E-state index < -0.39 is 0 Å². The van der Waals surface area contributed by atoms with Gasteiger partial charge in [0, 0.05) is 18.2 Å². The summed E-state index contributed by atoms with van der Waals surface area (Å²) >= 11 is 1.30. The molecule has 1 heterocycles. The van der Waals surface area contributed by atoms with Crippen LogP contribution in [0.2, 0.25) is 0 Å². The molecule has 1 unspecified atom stereocenters. The Hall–Kier alpha value is -2.73. The first-order chi connectivity index (χ1) is 12.6. The number of carbonyl (C=O) groups is 1. The maximum Gasteiger partial charge on any atom is 0.233 e. The number of aromatic nitrogens is 3. The topological polar surface area (TPSA) is 67.8 Å². The number of benzene rings is 2. The molecule has 0 aliphatic carbocycles. The molecular formula is C20H20N4OS. The molecule has 1 atom stereocenters. The molecule has 5 nitrogen and oxygen atoms in total. The van der Waals surface area contributed by atoms with Gasteiger partial charge in [0.2, 0.25) is 11.1 Å². The van der Waals surface area contributed by atoms with Crippen molar-refractivity contribution in [3.63, 3.8) is 0 Å². The molecular weight excluding hydrogens is 344 g/mol. The first kappa shape index (κ1) is 18.1. The Morgan fingerprint density at radius 2 is 1.73 bits per heavy atom. The van der Waals surface area contributed by atoms with Crippen LogP contribution >= 0.6 is 11.8 Å². The number of hydrogen-bond donors (Lipinski definition) is 1. The summed E-state index contributed by atoms with van der Waals surface area (Å²) in [7, 11) is 1.62. The van der Waals surface area contributed by atoms with E-state index in [-0.39, 0.29) is 11.2 Å². The Bertz CT molecular complexity index is 915. The van der Waals surface area contributed by atoms with Crippen molar-refractivity contribution in [2.45, 2.75) is 24.3 Å². The summed E-state index contributed by atoms with van der Waals surface area (Å²) in [5, 5.41) is 11.5. The molecule has 0 fully saturated rings. The molecule has 0 bridgehead atoms. The van der Waals surface area contributed by atoms with E-state index in [9.17, 15) is 4.79 Å². The smallest absolute Gasteiger partial charge is 0.233 e. The van der Waals surface area contributed by atoms with Crippen molar-refractivity contribution in [1.29, 1.82) is 0 Å². The monoisotopic (exact) mass is 364 g/mol. The summed E-state index contributed by atoms with van der Waals surface area (Å²) in [5.41, 5.74) is 4.58. The summed E-state index contributed by atoms with van der Waals surface area (Å²) in [5.74, 6) is -0.0670. The molecule has 1 aromatic heterocycles. The minimum atomic E-state index is -0.296. The van der Waals surface area contributed by atoms with Gasteiger partial charge >= 0.3 is 0 Å². The highest BCUT2D eigenvalue weighted by Crippen LogP contribution is 2.31. The normalized spacial score (nSPS) is 11.8. The first-order valence-electron chi connectivity index (χ1n) is 8.34. The minimum absolute atomic E-state index is 0.0670. The Morgan fingerprint density at radius 1 is 1.00 bits per heavy atom. The molecule has 26 heavy (non-hydrogen) atoms. The van der Waals surface area contributed by atoms with Crippen LogP contribution in [0.4, 0.5) is 0 Å². The number of hydrogen-bond acceptors (Lipinski definition) is 5. The van der Waals surface area contributed by atoms with Crippen LogP contribution in [-0.4, -0.2) is 33.4 Å². The highest BCUT2D eigenvalue weighted by atomic mass is 32.2. The summed E-state index contributed by atoms with van der Waals surface area (Å²) in [6.07, 6.45) is 0. The predicted molar refractivity (Wildman–Crippen MR) is 105 cm³/mol. The van der Waals surface area contributed by atoms with E-state index in [0.29, 0.717) is 5.16 Å². The second-order valence-electron chi connectivity index (χ2n) is 5.90. The Kier molecular flexibility index (Phi) is 5.63. The zero-order valence-corrected chi connectivity index (χ0v) is 15.7. The van der Waals surface area contributed by atoms with Crippen molar-refractivity contribution in [2.24, 2.45) is 0 Å². The molecule has 6 heteroatoms. The molecule has 0 aliphatic rings.